The summed E-state index contributed by atoms with van der Waals surface area (Å²) >= 11 is 0. The summed E-state index contributed by atoms with van der Waals surface area (Å²) in [5.41, 5.74) is 0. The van der Waals surface area contributed by atoms with E-state index in [1.54, 1.807) is 7.11 Å². The van der Waals surface area contributed by atoms with Crippen LogP contribution in [0.25, 0.3) is 0 Å². The van der Waals surface area contributed by atoms with Gasteiger partial charge in [-0.2, -0.15) is 0 Å². The van der Waals surface area contributed by atoms with Gasteiger partial charge in [-0.15, -0.1) is 0 Å². The van der Waals surface area contributed by atoms with Gasteiger partial charge in [0, 0.05) is 31.8 Å². The maximum atomic E-state index is 5.25. The van der Waals surface area contributed by atoms with Gasteiger partial charge in [0.1, 0.15) is 0 Å². The van der Waals surface area contributed by atoms with Crippen molar-refractivity contribution in [2.75, 3.05) is 26.8 Å². The number of rotatable bonds is 8. The minimum atomic E-state index is 0.505. The summed E-state index contributed by atoms with van der Waals surface area (Å²) in [6, 6.07) is 1.87. The quantitative estimate of drug-likeness (QED) is 0.706. The van der Waals surface area contributed by atoms with Gasteiger partial charge in [-0.05, 0) is 33.2 Å². The molecule has 2 atom stereocenters. The molecule has 0 bridgehead atoms. The predicted molar refractivity (Wildman–Crippen MR) is 73.4 cm³/mol. The molecule has 3 nitrogen and oxygen atoms in total. The summed E-state index contributed by atoms with van der Waals surface area (Å²) in [7, 11) is 1.78. The molecule has 3 heteroatoms. The van der Waals surface area contributed by atoms with Crippen LogP contribution in [0.1, 0.15) is 46.5 Å². The highest BCUT2D eigenvalue weighted by Gasteiger charge is 2.20. The van der Waals surface area contributed by atoms with E-state index in [-0.39, 0.29) is 0 Å². The molecule has 0 radical (unpaired) electrons. The Morgan fingerprint density at radius 2 is 1.88 bits per heavy atom. The normalized spacial score (nSPS) is 21.0. The first-order valence-electron chi connectivity index (χ1n) is 7.17. The molecular formula is C14H30N2O. The molecule has 0 aromatic carbocycles. The topological polar surface area (TPSA) is 24.5 Å². The number of nitrogens with zero attached hydrogens (tertiary/aromatic N) is 1. The van der Waals surface area contributed by atoms with Gasteiger partial charge in [-0.25, -0.2) is 0 Å². The molecule has 0 aromatic heterocycles. The van der Waals surface area contributed by atoms with Gasteiger partial charge >= 0.3 is 0 Å². The molecule has 0 amide bonds. The Kier molecular flexibility index (Phi) is 7.09. The van der Waals surface area contributed by atoms with Crippen LogP contribution in [0, 0.1) is 0 Å². The predicted octanol–water partition coefficient (Wildman–Crippen LogP) is 2.26. The lowest BCUT2D eigenvalue weighted by atomic mass is 10.2. The SMILES string of the molecule is CCN(C(C)CNC1CCCC1)C(C)COC. The summed E-state index contributed by atoms with van der Waals surface area (Å²) in [4.78, 5) is 2.52. The molecule has 0 aromatic rings. The van der Waals surface area contributed by atoms with Crippen LogP contribution >= 0.6 is 0 Å². The largest absolute Gasteiger partial charge is 0.383 e. The molecule has 0 saturated heterocycles. The van der Waals surface area contributed by atoms with Crippen molar-refractivity contribution >= 4 is 0 Å². The Balaban J connectivity index is 2.29. The second-order valence-corrected chi connectivity index (χ2v) is 5.37. The third kappa shape index (κ3) is 4.94. The second-order valence-electron chi connectivity index (χ2n) is 5.37. The number of likely N-dealkylation sites (N-methyl/N-ethyl adjacent to an activating group) is 1. The van der Waals surface area contributed by atoms with Crippen molar-refractivity contribution in [1.29, 1.82) is 0 Å². The summed E-state index contributed by atoms with van der Waals surface area (Å²) in [6.45, 7) is 9.82. The van der Waals surface area contributed by atoms with E-state index in [1.807, 2.05) is 0 Å². The first-order valence-corrected chi connectivity index (χ1v) is 7.17. The van der Waals surface area contributed by atoms with Gasteiger partial charge in [0.15, 0.2) is 0 Å². The molecule has 1 fully saturated rings. The van der Waals surface area contributed by atoms with E-state index in [0.717, 1.165) is 25.7 Å². The Bertz CT molecular complexity index is 193. The average molecular weight is 242 g/mol. The third-order valence-corrected chi connectivity index (χ3v) is 3.96. The maximum Gasteiger partial charge on any atom is 0.0615 e. The van der Waals surface area contributed by atoms with E-state index in [1.165, 1.54) is 25.7 Å². The maximum absolute atomic E-state index is 5.25. The van der Waals surface area contributed by atoms with E-state index in [2.05, 4.69) is 31.0 Å². The Hall–Kier alpha value is -0.120. The lowest BCUT2D eigenvalue weighted by Crippen LogP contribution is -2.48. The zero-order valence-corrected chi connectivity index (χ0v) is 12.0. The van der Waals surface area contributed by atoms with Crippen molar-refractivity contribution in [1.82, 2.24) is 10.2 Å². The van der Waals surface area contributed by atoms with Crippen LogP contribution in [0.2, 0.25) is 0 Å². The highest BCUT2D eigenvalue weighted by molar-refractivity contribution is 4.79. The van der Waals surface area contributed by atoms with Gasteiger partial charge in [0.05, 0.1) is 6.61 Å². The standard InChI is InChI=1S/C14H30N2O/c1-5-16(13(3)11-17-4)12(2)10-15-14-8-6-7-9-14/h12-15H,5-11H2,1-4H3. The summed E-state index contributed by atoms with van der Waals surface area (Å²) < 4.78 is 5.25. The first-order chi connectivity index (χ1) is 8.19. The van der Waals surface area contributed by atoms with E-state index in [0.29, 0.717) is 12.1 Å². The highest BCUT2D eigenvalue weighted by atomic mass is 16.5. The van der Waals surface area contributed by atoms with Crippen molar-refractivity contribution < 1.29 is 4.74 Å². The zero-order valence-electron chi connectivity index (χ0n) is 12.0. The molecule has 0 aliphatic heterocycles. The van der Waals surface area contributed by atoms with Crippen LogP contribution in [0.5, 0.6) is 0 Å². The Morgan fingerprint density at radius 1 is 1.24 bits per heavy atom. The van der Waals surface area contributed by atoms with Crippen LogP contribution in [0.3, 0.4) is 0 Å². The summed E-state index contributed by atoms with van der Waals surface area (Å²) in [5.74, 6) is 0. The van der Waals surface area contributed by atoms with Crippen molar-refractivity contribution in [2.24, 2.45) is 0 Å². The van der Waals surface area contributed by atoms with Crippen LogP contribution in [0.15, 0.2) is 0 Å². The summed E-state index contributed by atoms with van der Waals surface area (Å²) in [5, 5.41) is 3.71. The number of hydrogen-bond donors (Lipinski definition) is 1. The number of nitrogens with one attached hydrogen (secondary N) is 1. The minimum Gasteiger partial charge on any atom is -0.383 e. The van der Waals surface area contributed by atoms with Crippen molar-refractivity contribution in [3.8, 4) is 0 Å². The summed E-state index contributed by atoms with van der Waals surface area (Å²) in [6.07, 6.45) is 5.55. The van der Waals surface area contributed by atoms with Gasteiger partial charge in [0.25, 0.3) is 0 Å². The molecule has 0 heterocycles. The lowest BCUT2D eigenvalue weighted by Gasteiger charge is -2.34. The molecule has 1 saturated carbocycles. The Labute approximate surface area is 107 Å². The van der Waals surface area contributed by atoms with Gasteiger partial charge in [-0.1, -0.05) is 19.8 Å². The van der Waals surface area contributed by atoms with Crippen LogP contribution in [-0.4, -0.2) is 49.8 Å². The first kappa shape index (κ1) is 14.9. The lowest BCUT2D eigenvalue weighted by molar-refractivity contribution is 0.0772. The molecule has 1 aliphatic rings. The Morgan fingerprint density at radius 3 is 2.41 bits per heavy atom. The monoisotopic (exact) mass is 242 g/mol. The number of ether oxygens (including phenoxy) is 1. The zero-order chi connectivity index (χ0) is 12.7. The number of methoxy groups -OCH3 is 1. The molecule has 2 unspecified atom stereocenters. The molecule has 0 spiro atoms. The molecular weight excluding hydrogens is 212 g/mol. The molecule has 1 rings (SSSR count). The van der Waals surface area contributed by atoms with Crippen molar-refractivity contribution in [2.45, 2.75) is 64.6 Å². The van der Waals surface area contributed by atoms with Crippen molar-refractivity contribution in [3.05, 3.63) is 0 Å². The number of hydrogen-bond acceptors (Lipinski definition) is 3. The van der Waals surface area contributed by atoms with Crippen LogP contribution < -0.4 is 5.32 Å². The van der Waals surface area contributed by atoms with Gasteiger partial charge in [0.2, 0.25) is 0 Å². The van der Waals surface area contributed by atoms with Gasteiger partial charge in [-0.3, -0.25) is 4.90 Å². The van der Waals surface area contributed by atoms with Crippen LogP contribution in [0.4, 0.5) is 0 Å². The molecule has 102 valence electrons. The minimum absolute atomic E-state index is 0.505. The van der Waals surface area contributed by atoms with Crippen LogP contribution in [-0.2, 0) is 4.74 Å². The fourth-order valence-electron chi connectivity index (χ4n) is 2.98. The van der Waals surface area contributed by atoms with Crippen molar-refractivity contribution in [3.63, 3.8) is 0 Å². The fourth-order valence-corrected chi connectivity index (χ4v) is 2.98. The fraction of sp³-hybridized carbons (Fsp3) is 1.00. The highest BCUT2D eigenvalue weighted by Crippen LogP contribution is 2.17. The second kappa shape index (κ2) is 8.06. The third-order valence-electron chi connectivity index (χ3n) is 3.96. The van der Waals surface area contributed by atoms with Gasteiger partial charge < -0.3 is 10.1 Å². The van der Waals surface area contributed by atoms with E-state index in [9.17, 15) is 0 Å². The van der Waals surface area contributed by atoms with E-state index >= 15 is 0 Å². The van der Waals surface area contributed by atoms with E-state index in [4.69, 9.17) is 4.74 Å². The smallest absolute Gasteiger partial charge is 0.0615 e. The molecule has 1 N–H and O–H groups in total. The molecule has 1 aliphatic carbocycles. The molecule has 17 heavy (non-hydrogen) atoms. The van der Waals surface area contributed by atoms with E-state index < -0.39 is 0 Å². The average Bonchev–Trinajstić information content (AvgIpc) is 2.80.